The first-order chi connectivity index (χ1) is 11.4. The maximum Gasteiger partial charge on any atom is 0.353 e. The number of thioether (sulfide) groups is 1. The number of amides is 1. The maximum atomic E-state index is 12.2. The lowest BCUT2D eigenvalue weighted by molar-refractivity contribution is -0.161. The second-order valence-corrected chi connectivity index (χ2v) is 7.40. The molecule has 128 valence electrons. The van der Waals surface area contributed by atoms with Gasteiger partial charge in [-0.05, 0) is 19.1 Å². The molecular formula is C17H20N2O4S. The molecule has 4 unspecified atom stereocenters. The van der Waals surface area contributed by atoms with Crippen LogP contribution in [0.15, 0.2) is 35.0 Å². The van der Waals surface area contributed by atoms with Gasteiger partial charge >= 0.3 is 5.97 Å². The molecule has 2 aliphatic rings. The Hall–Kier alpha value is -1.86. The number of aliphatic carboxylic acids is 1. The zero-order valence-electron chi connectivity index (χ0n) is 13.5. The summed E-state index contributed by atoms with van der Waals surface area (Å²) in [5, 5.41) is 19.2. The number of carbonyl (C=O) groups excluding carboxylic acids is 1. The number of β-lactam (4-membered cyclic amide) rings is 1. The van der Waals surface area contributed by atoms with Crippen molar-refractivity contribution in [1.82, 2.24) is 9.88 Å². The Balaban J connectivity index is 1.73. The van der Waals surface area contributed by atoms with Crippen LogP contribution in [0, 0.1) is 5.92 Å². The number of aromatic nitrogens is 1. The van der Waals surface area contributed by atoms with Crippen LogP contribution < -0.4 is 0 Å². The van der Waals surface area contributed by atoms with Crippen molar-refractivity contribution in [2.45, 2.75) is 38.3 Å². The first kappa shape index (κ1) is 17.0. The van der Waals surface area contributed by atoms with Crippen molar-refractivity contribution in [2.24, 2.45) is 5.92 Å². The van der Waals surface area contributed by atoms with E-state index in [1.54, 1.807) is 13.1 Å². The minimum absolute atomic E-state index is 0.0834. The van der Waals surface area contributed by atoms with Crippen LogP contribution >= 0.6 is 11.8 Å². The van der Waals surface area contributed by atoms with Gasteiger partial charge in [0.05, 0.1) is 18.1 Å². The molecule has 7 heteroatoms. The summed E-state index contributed by atoms with van der Waals surface area (Å²) in [6, 6.07) is 5.51. The fourth-order valence-corrected chi connectivity index (χ4v) is 4.57. The highest BCUT2D eigenvalue weighted by Gasteiger charge is 2.56. The number of aliphatic hydroxyl groups excluding tert-OH is 1. The van der Waals surface area contributed by atoms with Crippen molar-refractivity contribution < 1.29 is 19.8 Å². The van der Waals surface area contributed by atoms with E-state index in [2.05, 4.69) is 4.98 Å². The summed E-state index contributed by atoms with van der Waals surface area (Å²) in [4.78, 5) is 30.1. The van der Waals surface area contributed by atoms with Gasteiger partial charge in [0.15, 0.2) is 0 Å². The molecule has 2 aliphatic heterocycles. The van der Waals surface area contributed by atoms with E-state index in [0.29, 0.717) is 17.1 Å². The van der Waals surface area contributed by atoms with Crippen LogP contribution in [0.25, 0.3) is 0 Å². The lowest BCUT2D eigenvalue weighted by atomic mass is 9.83. The van der Waals surface area contributed by atoms with Gasteiger partial charge in [-0.1, -0.05) is 13.0 Å². The minimum Gasteiger partial charge on any atom is -0.477 e. The van der Waals surface area contributed by atoms with E-state index in [4.69, 9.17) is 0 Å². The Kier molecular flexibility index (Phi) is 4.64. The Morgan fingerprint density at radius 2 is 2.21 bits per heavy atom. The van der Waals surface area contributed by atoms with Gasteiger partial charge in [-0.3, -0.25) is 9.78 Å². The molecule has 0 aromatic carbocycles. The van der Waals surface area contributed by atoms with Crippen molar-refractivity contribution in [2.75, 3.05) is 5.75 Å². The molecule has 1 fully saturated rings. The zero-order chi connectivity index (χ0) is 17.4. The van der Waals surface area contributed by atoms with Gasteiger partial charge in [0, 0.05) is 34.9 Å². The number of carboxylic acids is 1. The summed E-state index contributed by atoms with van der Waals surface area (Å²) >= 11 is 1.47. The van der Waals surface area contributed by atoms with Gasteiger partial charge in [0.1, 0.15) is 5.70 Å². The molecule has 1 amide bonds. The first-order valence-electron chi connectivity index (χ1n) is 7.93. The van der Waals surface area contributed by atoms with Gasteiger partial charge in [-0.15, -0.1) is 11.8 Å². The third-order valence-corrected chi connectivity index (χ3v) is 5.97. The van der Waals surface area contributed by atoms with Crippen molar-refractivity contribution in [1.29, 1.82) is 0 Å². The molecular weight excluding hydrogens is 328 g/mol. The number of aliphatic hydroxyl groups is 1. The largest absolute Gasteiger partial charge is 0.477 e. The van der Waals surface area contributed by atoms with Gasteiger partial charge < -0.3 is 15.1 Å². The Labute approximate surface area is 144 Å². The Morgan fingerprint density at radius 3 is 2.79 bits per heavy atom. The van der Waals surface area contributed by atoms with Crippen LogP contribution in [0.5, 0.6) is 0 Å². The molecule has 1 aromatic heterocycles. The lowest BCUT2D eigenvalue weighted by Crippen LogP contribution is -2.61. The SMILES string of the molecule is CC(CSC1=C(C(=O)O)N2C(=O)C(C(C)O)C2C1)c1ccccn1. The third kappa shape index (κ3) is 2.82. The predicted octanol–water partition coefficient (Wildman–Crippen LogP) is 1.83. The summed E-state index contributed by atoms with van der Waals surface area (Å²) in [5.41, 5.74) is 1.04. The van der Waals surface area contributed by atoms with E-state index in [-0.39, 0.29) is 23.6 Å². The Morgan fingerprint density at radius 1 is 1.46 bits per heavy atom. The third-order valence-electron chi connectivity index (χ3n) is 4.59. The standard InChI is InChI=1S/C17H20N2O4S/c1-9(11-5-3-4-6-18-11)8-24-13-7-12-14(10(2)20)16(21)19(12)15(13)17(22)23/h3-6,9-10,12,14,20H,7-8H2,1-2H3,(H,22,23). The van der Waals surface area contributed by atoms with Crippen molar-refractivity contribution in [3.63, 3.8) is 0 Å². The average molecular weight is 348 g/mol. The number of pyridine rings is 1. The highest BCUT2D eigenvalue weighted by Crippen LogP contribution is 2.47. The summed E-state index contributed by atoms with van der Waals surface area (Å²) in [6.45, 7) is 3.62. The second-order valence-electron chi connectivity index (χ2n) is 6.29. The second kappa shape index (κ2) is 6.57. The highest BCUT2D eigenvalue weighted by molar-refractivity contribution is 8.03. The van der Waals surface area contributed by atoms with E-state index in [9.17, 15) is 19.8 Å². The van der Waals surface area contributed by atoms with Gasteiger partial charge in [0.25, 0.3) is 0 Å². The molecule has 3 rings (SSSR count). The van der Waals surface area contributed by atoms with E-state index >= 15 is 0 Å². The normalized spacial score (nSPS) is 25.3. The molecule has 0 aliphatic carbocycles. The first-order valence-corrected chi connectivity index (χ1v) is 8.91. The van der Waals surface area contributed by atoms with E-state index in [0.717, 1.165) is 5.69 Å². The number of nitrogens with zero attached hydrogens (tertiary/aromatic N) is 2. The van der Waals surface area contributed by atoms with E-state index < -0.39 is 18.0 Å². The molecule has 0 bridgehead atoms. The molecule has 0 spiro atoms. The van der Waals surface area contributed by atoms with Crippen LogP contribution in [-0.2, 0) is 9.59 Å². The van der Waals surface area contributed by atoms with Crippen LogP contribution in [0.4, 0.5) is 0 Å². The number of carboxylic acid groups (broad SMARTS) is 1. The van der Waals surface area contributed by atoms with Gasteiger partial charge in [-0.25, -0.2) is 4.79 Å². The van der Waals surface area contributed by atoms with Crippen LogP contribution in [0.2, 0.25) is 0 Å². The predicted molar refractivity (Wildman–Crippen MR) is 90.2 cm³/mol. The minimum atomic E-state index is -1.08. The molecule has 4 atom stereocenters. The van der Waals surface area contributed by atoms with Crippen LogP contribution in [0.1, 0.15) is 31.9 Å². The van der Waals surface area contributed by atoms with Crippen LogP contribution in [0.3, 0.4) is 0 Å². The van der Waals surface area contributed by atoms with E-state index in [1.807, 2.05) is 25.1 Å². The zero-order valence-corrected chi connectivity index (χ0v) is 14.4. The van der Waals surface area contributed by atoms with Crippen molar-refractivity contribution >= 4 is 23.6 Å². The van der Waals surface area contributed by atoms with Crippen LogP contribution in [-0.4, -0.2) is 49.9 Å². The average Bonchev–Trinajstić information content (AvgIpc) is 2.87. The van der Waals surface area contributed by atoms with Gasteiger partial charge in [-0.2, -0.15) is 0 Å². The molecule has 6 nitrogen and oxygen atoms in total. The summed E-state index contributed by atoms with van der Waals surface area (Å²) < 4.78 is 0. The number of hydrogen-bond acceptors (Lipinski definition) is 5. The monoisotopic (exact) mass is 348 g/mol. The number of carbonyl (C=O) groups is 2. The Bertz CT molecular complexity index is 689. The van der Waals surface area contributed by atoms with Crippen molar-refractivity contribution in [3.05, 3.63) is 40.7 Å². The summed E-state index contributed by atoms with van der Waals surface area (Å²) in [6.07, 6.45) is 1.49. The topological polar surface area (TPSA) is 90.7 Å². The number of hydrogen-bond donors (Lipinski definition) is 2. The fraction of sp³-hybridized carbons (Fsp3) is 0.471. The molecule has 24 heavy (non-hydrogen) atoms. The lowest BCUT2D eigenvalue weighted by Gasteiger charge is -2.44. The quantitative estimate of drug-likeness (QED) is 0.762. The number of rotatable bonds is 6. The fourth-order valence-electron chi connectivity index (χ4n) is 3.34. The van der Waals surface area contributed by atoms with Crippen molar-refractivity contribution in [3.8, 4) is 0 Å². The molecule has 1 aromatic rings. The number of fused-ring (bicyclic) bond motifs is 1. The summed E-state index contributed by atoms with van der Waals surface area (Å²) in [5.74, 6) is -0.999. The highest BCUT2D eigenvalue weighted by atomic mass is 32.2. The molecule has 0 saturated carbocycles. The summed E-state index contributed by atoms with van der Waals surface area (Å²) in [7, 11) is 0. The van der Waals surface area contributed by atoms with E-state index in [1.165, 1.54) is 16.7 Å². The molecule has 3 heterocycles. The maximum absolute atomic E-state index is 12.2. The smallest absolute Gasteiger partial charge is 0.353 e. The molecule has 0 radical (unpaired) electrons. The van der Waals surface area contributed by atoms with Gasteiger partial charge in [0.2, 0.25) is 5.91 Å². The molecule has 2 N–H and O–H groups in total. The molecule has 1 saturated heterocycles.